The van der Waals surface area contributed by atoms with Crippen LogP contribution in [0, 0.1) is 0 Å². The highest BCUT2D eigenvalue weighted by Crippen LogP contribution is 2.27. The summed E-state index contributed by atoms with van der Waals surface area (Å²) in [4.78, 5) is 9.60. The van der Waals surface area contributed by atoms with Crippen LogP contribution in [0.3, 0.4) is 0 Å². The molecule has 0 N–H and O–H groups in total. The van der Waals surface area contributed by atoms with Gasteiger partial charge in [0.25, 0.3) is 0 Å². The van der Waals surface area contributed by atoms with E-state index < -0.39 is 16.1 Å². The summed E-state index contributed by atoms with van der Waals surface area (Å²) in [5.41, 5.74) is 2.54. The maximum absolute atomic E-state index is 2.45. The molecule has 2 heterocycles. The molecule has 2 aliphatic heterocycles. The SMILES string of the molecule is C[Si](C)(C)CN1C=CN(c2cccc(N3C=CN(C[Si](C)(C)C)C3)c2)C1. The van der Waals surface area contributed by atoms with E-state index >= 15 is 0 Å². The quantitative estimate of drug-likeness (QED) is 0.665. The summed E-state index contributed by atoms with van der Waals surface area (Å²) in [7, 11) is -2.17. The second kappa shape index (κ2) is 7.15. The van der Waals surface area contributed by atoms with E-state index in [-0.39, 0.29) is 0 Å². The van der Waals surface area contributed by atoms with Crippen molar-refractivity contribution in [3.63, 3.8) is 0 Å². The van der Waals surface area contributed by atoms with Crippen molar-refractivity contribution in [3.8, 4) is 0 Å². The Morgan fingerprint density at radius 3 is 1.50 bits per heavy atom. The highest BCUT2D eigenvalue weighted by atomic mass is 28.3. The normalized spacial score (nSPS) is 17.8. The molecule has 26 heavy (non-hydrogen) atoms. The van der Waals surface area contributed by atoms with Gasteiger partial charge in [-0.15, -0.1) is 0 Å². The molecule has 0 unspecified atom stereocenters. The lowest BCUT2D eigenvalue weighted by atomic mass is 10.2. The molecule has 0 spiro atoms. The van der Waals surface area contributed by atoms with Gasteiger partial charge in [0.2, 0.25) is 0 Å². The lowest BCUT2D eigenvalue weighted by Gasteiger charge is -2.28. The Labute approximate surface area is 161 Å². The minimum Gasteiger partial charge on any atom is -0.361 e. The summed E-state index contributed by atoms with van der Waals surface area (Å²) in [6, 6.07) is 8.91. The Bertz CT molecular complexity index is 633. The van der Waals surface area contributed by atoms with Crippen molar-refractivity contribution in [2.24, 2.45) is 0 Å². The molecule has 0 aliphatic carbocycles. The van der Waals surface area contributed by atoms with Crippen molar-refractivity contribution in [1.82, 2.24) is 9.80 Å². The average Bonchev–Trinajstić information content (AvgIpc) is 3.14. The van der Waals surface area contributed by atoms with Crippen molar-refractivity contribution < 1.29 is 0 Å². The molecule has 0 atom stereocenters. The average molecular weight is 387 g/mol. The zero-order chi connectivity index (χ0) is 18.9. The van der Waals surface area contributed by atoms with E-state index in [2.05, 4.69) is 108 Å². The number of hydrogen-bond acceptors (Lipinski definition) is 4. The maximum Gasteiger partial charge on any atom is 0.0938 e. The first-order valence-electron chi connectivity index (χ1n) is 9.57. The summed E-state index contributed by atoms with van der Waals surface area (Å²) in [6.45, 7) is 16.5. The molecule has 0 bridgehead atoms. The largest absolute Gasteiger partial charge is 0.361 e. The lowest BCUT2D eigenvalue weighted by molar-refractivity contribution is 0.463. The third kappa shape index (κ3) is 5.17. The molecule has 142 valence electrons. The van der Waals surface area contributed by atoms with Gasteiger partial charge in [-0.05, 0) is 18.2 Å². The van der Waals surface area contributed by atoms with Crippen LogP contribution >= 0.6 is 0 Å². The summed E-state index contributed by atoms with van der Waals surface area (Å²) >= 11 is 0. The van der Waals surface area contributed by atoms with Crippen LogP contribution < -0.4 is 9.80 Å². The maximum atomic E-state index is 2.45. The Balaban J connectivity index is 1.63. The molecule has 0 fully saturated rings. The first-order chi connectivity index (χ1) is 12.1. The predicted octanol–water partition coefficient (Wildman–Crippen LogP) is 4.54. The van der Waals surface area contributed by atoms with Crippen molar-refractivity contribution >= 4 is 27.5 Å². The topological polar surface area (TPSA) is 13.0 Å². The molecule has 1 aromatic rings. The molecule has 0 amide bonds. The van der Waals surface area contributed by atoms with Crippen molar-refractivity contribution in [3.05, 3.63) is 49.1 Å². The van der Waals surface area contributed by atoms with Gasteiger partial charge < -0.3 is 19.6 Å². The fraction of sp³-hybridized carbons (Fsp3) is 0.500. The lowest BCUT2D eigenvalue weighted by Crippen LogP contribution is -2.39. The molecule has 0 radical (unpaired) electrons. The van der Waals surface area contributed by atoms with Crippen LogP contribution in [0.4, 0.5) is 11.4 Å². The van der Waals surface area contributed by atoms with Crippen LogP contribution in [0.2, 0.25) is 39.3 Å². The van der Waals surface area contributed by atoms with Gasteiger partial charge in [-0.2, -0.15) is 0 Å². The van der Waals surface area contributed by atoms with E-state index in [1.165, 1.54) is 23.7 Å². The second-order valence-corrected chi connectivity index (χ2v) is 20.8. The molecule has 2 aliphatic rings. The van der Waals surface area contributed by atoms with E-state index in [0.29, 0.717) is 0 Å². The second-order valence-electron chi connectivity index (χ2n) is 9.95. The van der Waals surface area contributed by atoms with Crippen LogP contribution in [0.5, 0.6) is 0 Å². The minimum absolute atomic E-state index is 0.964. The van der Waals surface area contributed by atoms with Gasteiger partial charge >= 0.3 is 0 Å². The molecule has 1 aromatic carbocycles. The first-order valence-corrected chi connectivity index (χ1v) is 17.0. The molecule has 0 aromatic heterocycles. The van der Waals surface area contributed by atoms with E-state index in [4.69, 9.17) is 0 Å². The first kappa shape index (κ1) is 19.1. The zero-order valence-corrected chi connectivity index (χ0v) is 19.2. The number of nitrogens with zero attached hydrogens (tertiary/aromatic N) is 4. The van der Waals surface area contributed by atoms with Crippen molar-refractivity contribution in [2.45, 2.75) is 39.3 Å². The fourth-order valence-electron chi connectivity index (χ4n) is 3.54. The van der Waals surface area contributed by atoms with Gasteiger partial charge in [-0.1, -0.05) is 45.3 Å². The van der Waals surface area contributed by atoms with Gasteiger partial charge in [-0.3, -0.25) is 0 Å². The smallest absolute Gasteiger partial charge is 0.0938 e. The Morgan fingerprint density at radius 1 is 0.692 bits per heavy atom. The van der Waals surface area contributed by atoms with E-state index in [0.717, 1.165) is 13.3 Å². The standard InChI is InChI=1S/C20H34N4Si2/c1-25(2,3)17-21-10-12-23(15-21)19-8-7-9-20(14-19)24-13-11-22(16-24)18-26(4,5)6/h7-14H,15-18H2,1-6H3. The van der Waals surface area contributed by atoms with Gasteiger partial charge in [0.15, 0.2) is 0 Å². The van der Waals surface area contributed by atoms with E-state index in [1.54, 1.807) is 0 Å². The van der Waals surface area contributed by atoms with E-state index in [9.17, 15) is 0 Å². The molecular formula is C20H34N4Si2. The van der Waals surface area contributed by atoms with Crippen LogP contribution in [0.1, 0.15) is 0 Å². The summed E-state index contributed by atoms with van der Waals surface area (Å²) in [6.07, 6.45) is 11.3. The highest BCUT2D eigenvalue weighted by Gasteiger charge is 2.23. The number of benzene rings is 1. The molecule has 0 saturated heterocycles. The van der Waals surface area contributed by atoms with Crippen LogP contribution in [0.25, 0.3) is 0 Å². The minimum atomic E-state index is -1.08. The monoisotopic (exact) mass is 386 g/mol. The summed E-state index contributed by atoms with van der Waals surface area (Å²) in [5, 5.41) is 0. The summed E-state index contributed by atoms with van der Waals surface area (Å²) < 4.78 is 0. The number of rotatable bonds is 6. The van der Waals surface area contributed by atoms with Gasteiger partial charge in [-0.25, -0.2) is 0 Å². The Kier molecular flexibility index (Phi) is 5.26. The predicted molar refractivity (Wildman–Crippen MR) is 120 cm³/mol. The molecular weight excluding hydrogens is 352 g/mol. The van der Waals surface area contributed by atoms with Crippen LogP contribution in [0.15, 0.2) is 49.1 Å². The Hall–Kier alpha value is -1.67. The fourth-order valence-corrected chi connectivity index (χ4v) is 6.39. The molecule has 3 rings (SSSR count). The molecule has 6 heteroatoms. The van der Waals surface area contributed by atoms with Crippen molar-refractivity contribution in [1.29, 1.82) is 0 Å². The van der Waals surface area contributed by atoms with E-state index in [1.807, 2.05) is 0 Å². The van der Waals surface area contributed by atoms with Crippen LogP contribution in [-0.2, 0) is 0 Å². The van der Waals surface area contributed by atoms with Gasteiger partial charge in [0.05, 0.1) is 29.5 Å². The Morgan fingerprint density at radius 2 is 1.12 bits per heavy atom. The number of hydrogen-bond donors (Lipinski definition) is 0. The number of anilines is 2. The van der Waals surface area contributed by atoms with Gasteiger partial charge in [0.1, 0.15) is 0 Å². The van der Waals surface area contributed by atoms with Gasteiger partial charge in [0, 0.05) is 48.5 Å². The molecule has 0 saturated carbocycles. The molecule has 4 nitrogen and oxygen atoms in total. The van der Waals surface area contributed by atoms with Crippen LogP contribution in [-0.4, -0.2) is 51.6 Å². The third-order valence-electron chi connectivity index (χ3n) is 4.43. The van der Waals surface area contributed by atoms with Crippen molar-refractivity contribution in [2.75, 3.05) is 35.5 Å². The highest BCUT2D eigenvalue weighted by molar-refractivity contribution is 6.76. The third-order valence-corrected chi connectivity index (χ3v) is 7.14. The summed E-state index contributed by atoms with van der Waals surface area (Å²) in [5.74, 6) is 0. The zero-order valence-electron chi connectivity index (χ0n) is 17.2.